The van der Waals surface area contributed by atoms with Crippen LogP contribution in [0.1, 0.15) is 17.4 Å². The van der Waals surface area contributed by atoms with Gasteiger partial charge in [0.1, 0.15) is 11.6 Å². The molecular weight excluding hydrogens is 273 g/mol. The molecule has 0 saturated heterocycles. The molecule has 16 heavy (non-hydrogen) atoms. The third-order valence-electron chi connectivity index (χ3n) is 2.35. The Morgan fingerprint density at radius 1 is 1.50 bits per heavy atom. The van der Waals surface area contributed by atoms with Gasteiger partial charge < -0.3 is 10.7 Å². The number of aromatic nitrogens is 2. The Morgan fingerprint density at radius 2 is 2.31 bits per heavy atom. The molecule has 0 bridgehead atoms. The summed E-state index contributed by atoms with van der Waals surface area (Å²) in [7, 11) is 0. The number of hydrogen-bond acceptors (Lipinski definition) is 2. The van der Waals surface area contributed by atoms with E-state index in [9.17, 15) is 4.39 Å². The Bertz CT molecular complexity index is 470. The Balaban J connectivity index is 2.21. The van der Waals surface area contributed by atoms with E-state index in [2.05, 4.69) is 25.9 Å². The molecule has 84 valence electrons. The Morgan fingerprint density at radius 3 is 3.00 bits per heavy atom. The minimum Gasteiger partial charge on any atom is -0.349 e. The zero-order chi connectivity index (χ0) is 11.5. The molecule has 0 aliphatic carbocycles. The van der Waals surface area contributed by atoms with Crippen LogP contribution in [-0.2, 0) is 6.42 Å². The third kappa shape index (κ3) is 2.31. The topological polar surface area (TPSA) is 54.7 Å². The van der Waals surface area contributed by atoms with Crippen molar-refractivity contribution in [3.63, 3.8) is 0 Å². The number of nitrogens with one attached hydrogen (secondary N) is 1. The normalized spacial score (nSPS) is 12.7. The molecule has 3 nitrogen and oxygen atoms in total. The minimum atomic E-state index is -0.299. The first-order valence-electron chi connectivity index (χ1n) is 4.86. The number of nitrogens with two attached hydrogens (primary N) is 1. The number of nitrogens with zero attached hydrogens (tertiary/aromatic N) is 1. The molecule has 0 amide bonds. The molecule has 0 saturated carbocycles. The molecule has 1 unspecified atom stereocenters. The predicted molar refractivity (Wildman–Crippen MR) is 63.3 cm³/mol. The molecule has 1 aromatic heterocycles. The summed E-state index contributed by atoms with van der Waals surface area (Å²) in [5.41, 5.74) is 6.75. The highest BCUT2D eigenvalue weighted by Crippen LogP contribution is 2.26. The number of hydrogen-bond donors (Lipinski definition) is 2. The Labute approximate surface area is 101 Å². The number of halogens is 2. The van der Waals surface area contributed by atoms with Crippen molar-refractivity contribution in [2.24, 2.45) is 5.73 Å². The van der Waals surface area contributed by atoms with Crippen molar-refractivity contribution < 1.29 is 4.39 Å². The van der Waals surface area contributed by atoms with Crippen LogP contribution in [0.15, 0.2) is 35.1 Å². The lowest BCUT2D eigenvalue weighted by Gasteiger charge is -2.12. The van der Waals surface area contributed by atoms with Crippen molar-refractivity contribution in [3.8, 4) is 0 Å². The summed E-state index contributed by atoms with van der Waals surface area (Å²) in [6.07, 6.45) is 3.96. The lowest BCUT2D eigenvalue weighted by molar-refractivity contribution is 0.608. The summed E-state index contributed by atoms with van der Waals surface area (Å²) in [5, 5.41) is 0. The van der Waals surface area contributed by atoms with Crippen molar-refractivity contribution in [1.82, 2.24) is 9.97 Å². The zero-order valence-electron chi connectivity index (χ0n) is 8.45. The Kier molecular flexibility index (Phi) is 3.36. The highest BCUT2D eigenvalue weighted by molar-refractivity contribution is 9.10. The largest absolute Gasteiger partial charge is 0.349 e. The van der Waals surface area contributed by atoms with E-state index in [1.54, 1.807) is 24.5 Å². The molecule has 0 aliphatic heterocycles. The van der Waals surface area contributed by atoms with Gasteiger partial charge in [-0.2, -0.15) is 0 Å². The van der Waals surface area contributed by atoms with E-state index in [1.807, 2.05) is 0 Å². The van der Waals surface area contributed by atoms with E-state index in [-0.39, 0.29) is 11.9 Å². The molecule has 0 spiro atoms. The summed E-state index contributed by atoms with van der Waals surface area (Å²) in [4.78, 5) is 7.06. The highest BCUT2D eigenvalue weighted by Gasteiger charge is 2.14. The summed E-state index contributed by atoms with van der Waals surface area (Å²) in [5.74, 6) is 0.496. The molecular formula is C11H11BrFN3. The van der Waals surface area contributed by atoms with Gasteiger partial charge in [0.25, 0.3) is 0 Å². The fraction of sp³-hybridized carbons (Fsp3) is 0.182. The van der Waals surface area contributed by atoms with Crippen LogP contribution >= 0.6 is 15.9 Å². The zero-order valence-corrected chi connectivity index (χ0v) is 10.0. The highest BCUT2D eigenvalue weighted by atomic mass is 79.9. The summed E-state index contributed by atoms with van der Waals surface area (Å²) in [6.45, 7) is 0. The van der Waals surface area contributed by atoms with E-state index in [0.29, 0.717) is 10.9 Å². The molecule has 5 heteroatoms. The van der Waals surface area contributed by atoms with E-state index >= 15 is 0 Å². The van der Waals surface area contributed by atoms with Gasteiger partial charge in [0.05, 0.1) is 4.47 Å². The number of aromatic amines is 1. The maximum absolute atomic E-state index is 13.3. The van der Waals surface area contributed by atoms with Crippen molar-refractivity contribution >= 4 is 15.9 Å². The van der Waals surface area contributed by atoms with Crippen molar-refractivity contribution in [2.75, 3.05) is 0 Å². The fourth-order valence-electron chi connectivity index (χ4n) is 1.53. The second-order valence-corrected chi connectivity index (χ2v) is 4.28. The van der Waals surface area contributed by atoms with Gasteiger partial charge in [0, 0.05) is 24.9 Å². The van der Waals surface area contributed by atoms with Crippen molar-refractivity contribution in [3.05, 3.63) is 52.3 Å². The monoisotopic (exact) mass is 283 g/mol. The van der Waals surface area contributed by atoms with Gasteiger partial charge in [0.15, 0.2) is 0 Å². The lowest BCUT2D eigenvalue weighted by atomic mass is 10.0. The van der Waals surface area contributed by atoms with Gasteiger partial charge in [-0.3, -0.25) is 0 Å². The van der Waals surface area contributed by atoms with Gasteiger partial charge in [-0.25, -0.2) is 9.37 Å². The smallest absolute Gasteiger partial charge is 0.137 e. The van der Waals surface area contributed by atoms with Crippen molar-refractivity contribution in [2.45, 2.75) is 12.5 Å². The van der Waals surface area contributed by atoms with Gasteiger partial charge in [-0.1, -0.05) is 12.1 Å². The van der Waals surface area contributed by atoms with Crippen LogP contribution in [-0.4, -0.2) is 9.97 Å². The SMILES string of the molecule is NC(Cc1ncc[nH]1)c1cccc(F)c1Br. The molecule has 2 aromatic rings. The standard InChI is InChI=1S/C11H11BrFN3/c12-11-7(2-1-3-8(11)13)9(14)6-10-15-4-5-16-10/h1-5,9H,6,14H2,(H,15,16). The third-order valence-corrected chi connectivity index (χ3v) is 3.19. The van der Waals surface area contributed by atoms with Crippen LogP contribution < -0.4 is 5.73 Å². The average molecular weight is 284 g/mol. The maximum atomic E-state index is 13.3. The quantitative estimate of drug-likeness (QED) is 0.910. The molecule has 1 aromatic carbocycles. The number of rotatable bonds is 3. The van der Waals surface area contributed by atoms with Crippen LogP contribution in [0.5, 0.6) is 0 Å². The first-order valence-corrected chi connectivity index (χ1v) is 5.65. The van der Waals surface area contributed by atoms with Crippen LogP contribution in [0.2, 0.25) is 0 Å². The van der Waals surface area contributed by atoms with Crippen LogP contribution in [0, 0.1) is 5.82 Å². The Hall–Kier alpha value is -1.20. The van der Waals surface area contributed by atoms with Gasteiger partial charge in [-0.15, -0.1) is 0 Å². The second-order valence-electron chi connectivity index (χ2n) is 3.49. The number of H-pyrrole nitrogens is 1. The second kappa shape index (κ2) is 4.76. The van der Waals surface area contributed by atoms with Gasteiger partial charge >= 0.3 is 0 Å². The van der Waals surface area contributed by atoms with E-state index < -0.39 is 0 Å². The molecule has 2 rings (SSSR count). The average Bonchev–Trinajstić information content (AvgIpc) is 2.74. The summed E-state index contributed by atoms with van der Waals surface area (Å²) < 4.78 is 13.7. The van der Waals surface area contributed by atoms with E-state index in [4.69, 9.17) is 5.73 Å². The maximum Gasteiger partial charge on any atom is 0.137 e. The van der Waals surface area contributed by atoms with Gasteiger partial charge in [0.2, 0.25) is 0 Å². The number of imidazole rings is 1. The molecule has 3 N–H and O–H groups in total. The molecule has 1 atom stereocenters. The predicted octanol–water partition coefficient (Wildman–Crippen LogP) is 2.55. The first-order chi connectivity index (χ1) is 7.68. The first kappa shape index (κ1) is 11.3. The number of benzene rings is 1. The van der Waals surface area contributed by atoms with Crippen molar-refractivity contribution in [1.29, 1.82) is 0 Å². The molecule has 0 radical (unpaired) electrons. The van der Waals surface area contributed by atoms with Crippen LogP contribution in [0.25, 0.3) is 0 Å². The fourth-order valence-corrected chi connectivity index (χ4v) is 2.09. The summed E-state index contributed by atoms with van der Waals surface area (Å²) in [6, 6.07) is 4.57. The summed E-state index contributed by atoms with van der Waals surface area (Å²) >= 11 is 3.20. The van der Waals surface area contributed by atoms with E-state index in [0.717, 1.165) is 11.4 Å². The van der Waals surface area contributed by atoms with E-state index in [1.165, 1.54) is 6.07 Å². The van der Waals surface area contributed by atoms with Gasteiger partial charge in [-0.05, 0) is 27.6 Å². The van der Waals surface area contributed by atoms with Crippen LogP contribution in [0.4, 0.5) is 4.39 Å². The molecule has 0 aliphatic rings. The molecule has 0 fully saturated rings. The molecule has 1 heterocycles. The lowest BCUT2D eigenvalue weighted by Crippen LogP contribution is -2.15. The van der Waals surface area contributed by atoms with Crippen LogP contribution in [0.3, 0.4) is 0 Å². The minimum absolute atomic E-state index is 0.281.